The first kappa shape index (κ1) is 17.4. The molecule has 0 aliphatic rings. The Kier molecular flexibility index (Phi) is 4.46. The number of nitrogens with one attached hydrogen (secondary N) is 2. The highest BCUT2D eigenvalue weighted by Crippen LogP contribution is 2.26. The number of aromatic nitrogens is 1. The molecule has 136 valence electrons. The van der Waals surface area contributed by atoms with Crippen molar-refractivity contribution < 1.29 is 8.42 Å². The van der Waals surface area contributed by atoms with Gasteiger partial charge in [-0.05, 0) is 53.4 Å². The van der Waals surface area contributed by atoms with E-state index in [4.69, 9.17) is 0 Å². The second-order valence-corrected chi connectivity index (χ2v) is 8.11. The summed E-state index contributed by atoms with van der Waals surface area (Å²) in [6, 6.07) is 22.3. The number of hydrogen-bond acceptors (Lipinski definition) is 2. The molecule has 3 aromatic carbocycles. The van der Waals surface area contributed by atoms with Gasteiger partial charge in [0.1, 0.15) is 0 Å². The van der Waals surface area contributed by atoms with Crippen molar-refractivity contribution in [3.05, 3.63) is 84.6 Å². The first-order valence-electron chi connectivity index (χ1n) is 8.85. The quantitative estimate of drug-likeness (QED) is 0.503. The Balaban J connectivity index is 1.62. The van der Waals surface area contributed by atoms with Gasteiger partial charge in [-0.3, -0.25) is 4.72 Å². The predicted molar refractivity (Wildman–Crippen MR) is 110 cm³/mol. The Bertz CT molecular complexity index is 1180. The average molecular weight is 376 g/mol. The van der Waals surface area contributed by atoms with E-state index in [1.54, 1.807) is 18.2 Å². The molecule has 1 aromatic heterocycles. The SMILES string of the molecule is CCc1c[nH]c2ccc(NS(=O)(=O)c3ccc(-c4ccccc4)cc3)cc12. The van der Waals surface area contributed by atoms with E-state index < -0.39 is 10.0 Å². The highest BCUT2D eigenvalue weighted by atomic mass is 32.2. The number of fused-ring (bicyclic) bond motifs is 1. The molecule has 0 spiro atoms. The molecular weight excluding hydrogens is 356 g/mol. The second-order valence-electron chi connectivity index (χ2n) is 6.42. The van der Waals surface area contributed by atoms with E-state index in [9.17, 15) is 8.42 Å². The Morgan fingerprint density at radius 3 is 2.30 bits per heavy atom. The molecule has 0 saturated heterocycles. The van der Waals surface area contributed by atoms with Crippen molar-refractivity contribution in [1.82, 2.24) is 4.98 Å². The van der Waals surface area contributed by atoms with Crippen molar-refractivity contribution in [2.75, 3.05) is 4.72 Å². The molecule has 27 heavy (non-hydrogen) atoms. The Morgan fingerprint density at radius 1 is 0.889 bits per heavy atom. The minimum absolute atomic E-state index is 0.243. The molecule has 0 amide bonds. The van der Waals surface area contributed by atoms with Gasteiger partial charge in [0.05, 0.1) is 4.90 Å². The number of rotatable bonds is 5. The summed E-state index contributed by atoms with van der Waals surface area (Å²) in [6.07, 6.45) is 2.85. The standard InChI is InChI=1S/C22H20N2O2S/c1-2-16-15-23-22-13-10-19(14-21(16)22)24-27(25,26)20-11-8-18(9-12-20)17-6-4-3-5-7-17/h3-15,23-24H,2H2,1H3. The summed E-state index contributed by atoms with van der Waals surface area (Å²) < 4.78 is 28.2. The molecule has 2 N–H and O–H groups in total. The van der Waals surface area contributed by atoms with Gasteiger partial charge >= 0.3 is 0 Å². The number of sulfonamides is 1. The maximum absolute atomic E-state index is 12.8. The largest absolute Gasteiger partial charge is 0.361 e. The highest BCUT2D eigenvalue weighted by molar-refractivity contribution is 7.92. The molecule has 0 aliphatic carbocycles. The van der Waals surface area contributed by atoms with Gasteiger partial charge in [0, 0.05) is 22.8 Å². The molecule has 5 heteroatoms. The number of aromatic amines is 1. The summed E-state index contributed by atoms with van der Waals surface area (Å²) in [4.78, 5) is 3.45. The van der Waals surface area contributed by atoms with Crippen LogP contribution in [0.4, 0.5) is 5.69 Å². The molecule has 0 radical (unpaired) electrons. The fourth-order valence-electron chi connectivity index (χ4n) is 3.21. The van der Waals surface area contributed by atoms with Gasteiger partial charge in [-0.15, -0.1) is 0 Å². The van der Waals surface area contributed by atoms with Crippen LogP contribution < -0.4 is 4.72 Å². The normalized spacial score (nSPS) is 11.6. The lowest BCUT2D eigenvalue weighted by molar-refractivity contribution is 0.601. The molecule has 0 atom stereocenters. The van der Waals surface area contributed by atoms with Crippen LogP contribution in [0.5, 0.6) is 0 Å². The van der Waals surface area contributed by atoms with Gasteiger partial charge in [0.15, 0.2) is 0 Å². The monoisotopic (exact) mass is 376 g/mol. The van der Waals surface area contributed by atoms with E-state index in [0.29, 0.717) is 5.69 Å². The Morgan fingerprint density at radius 2 is 1.59 bits per heavy atom. The van der Waals surface area contributed by atoms with Crippen LogP contribution in [-0.4, -0.2) is 13.4 Å². The Hall–Kier alpha value is -3.05. The minimum atomic E-state index is -3.64. The van der Waals surface area contributed by atoms with E-state index in [-0.39, 0.29) is 4.90 Å². The molecule has 0 bridgehead atoms. The van der Waals surface area contributed by atoms with Gasteiger partial charge in [0.2, 0.25) is 0 Å². The van der Waals surface area contributed by atoms with Gasteiger partial charge < -0.3 is 4.98 Å². The third-order valence-corrected chi connectivity index (χ3v) is 6.07. The van der Waals surface area contributed by atoms with Crippen molar-refractivity contribution in [2.24, 2.45) is 0 Å². The molecular formula is C22H20N2O2S. The van der Waals surface area contributed by atoms with Crippen molar-refractivity contribution in [1.29, 1.82) is 0 Å². The van der Waals surface area contributed by atoms with Gasteiger partial charge in [-0.25, -0.2) is 8.42 Å². The molecule has 0 unspecified atom stereocenters. The van der Waals surface area contributed by atoms with Crippen LogP contribution >= 0.6 is 0 Å². The fraction of sp³-hybridized carbons (Fsp3) is 0.0909. The molecule has 4 nitrogen and oxygen atoms in total. The first-order valence-corrected chi connectivity index (χ1v) is 10.3. The predicted octanol–water partition coefficient (Wildman–Crippen LogP) is 5.20. The van der Waals surface area contributed by atoms with Gasteiger partial charge in [0.25, 0.3) is 10.0 Å². The third-order valence-electron chi connectivity index (χ3n) is 4.67. The van der Waals surface area contributed by atoms with Crippen molar-refractivity contribution in [2.45, 2.75) is 18.2 Å². The van der Waals surface area contributed by atoms with Crippen LogP contribution in [-0.2, 0) is 16.4 Å². The van der Waals surface area contributed by atoms with Gasteiger partial charge in [-0.1, -0.05) is 49.4 Å². The lowest BCUT2D eigenvalue weighted by atomic mass is 10.1. The number of aryl methyl sites for hydroxylation is 1. The maximum Gasteiger partial charge on any atom is 0.261 e. The number of benzene rings is 3. The molecule has 1 heterocycles. The zero-order chi connectivity index (χ0) is 18.9. The summed E-state index contributed by atoms with van der Waals surface area (Å²) in [7, 11) is -3.64. The Labute approximate surface area is 158 Å². The maximum atomic E-state index is 12.8. The van der Waals surface area contributed by atoms with E-state index in [0.717, 1.165) is 28.5 Å². The lowest BCUT2D eigenvalue weighted by Gasteiger charge is -2.09. The molecule has 0 fully saturated rings. The summed E-state index contributed by atoms with van der Waals surface area (Å²) in [5, 5.41) is 1.04. The van der Waals surface area contributed by atoms with E-state index in [2.05, 4.69) is 16.6 Å². The topological polar surface area (TPSA) is 62.0 Å². The number of hydrogen-bond donors (Lipinski definition) is 2. The van der Waals surface area contributed by atoms with Gasteiger partial charge in [-0.2, -0.15) is 0 Å². The number of anilines is 1. The van der Waals surface area contributed by atoms with Crippen molar-refractivity contribution >= 4 is 26.6 Å². The van der Waals surface area contributed by atoms with Crippen molar-refractivity contribution in [3.8, 4) is 11.1 Å². The minimum Gasteiger partial charge on any atom is -0.361 e. The first-order chi connectivity index (χ1) is 13.1. The third kappa shape index (κ3) is 3.46. The van der Waals surface area contributed by atoms with Crippen LogP contribution in [0.25, 0.3) is 22.0 Å². The molecule has 4 rings (SSSR count). The molecule has 4 aromatic rings. The lowest BCUT2D eigenvalue weighted by Crippen LogP contribution is -2.12. The zero-order valence-electron chi connectivity index (χ0n) is 14.9. The smallest absolute Gasteiger partial charge is 0.261 e. The van der Waals surface area contributed by atoms with Crippen LogP contribution in [0.15, 0.2) is 83.9 Å². The van der Waals surface area contributed by atoms with E-state index in [1.807, 2.05) is 60.8 Å². The van der Waals surface area contributed by atoms with Crippen LogP contribution in [0.3, 0.4) is 0 Å². The summed E-state index contributed by atoms with van der Waals surface area (Å²) in [5.41, 5.74) is 4.76. The summed E-state index contributed by atoms with van der Waals surface area (Å²) >= 11 is 0. The second kappa shape index (κ2) is 6.93. The summed E-state index contributed by atoms with van der Waals surface area (Å²) in [6.45, 7) is 2.08. The summed E-state index contributed by atoms with van der Waals surface area (Å²) in [5.74, 6) is 0. The highest BCUT2D eigenvalue weighted by Gasteiger charge is 2.15. The van der Waals surface area contributed by atoms with Crippen LogP contribution in [0.2, 0.25) is 0 Å². The zero-order valence-corrected chi connectivity index (χ0v) is 15.8. The molecule has 0 saturated carbocycles. The fourth-order valence-corrected chi connectivity index (χ4v) is 4.26. The van der Waals surface area contributed by atoms with Crippen LogP contribution in [0, 0.1) is 0 Å². The van der Waals surface area contributed by atoms with E-state index in [1.165, 1.54) is 5.56 Å². The van der Waals surface area contributed by atoms with Crippen LogP contribution in [0.1, 0.15) is 12.5 Å². The van der Waals surface area contributed by atoms with E-state index >= 15 is 0 Å². The number of H-pyrrole nitrogens is 1. The molecule has 0 aliphatic heterocycles. The van der Waals surface area contributed by atoms with Crippen molar-refractivity contribution in [3.63, 3.8) is 0 Å². The average Bonchev–Trinajstić information content (AvgIpc) is 3.11.